The van der Waals surface area contributed by atoms with Gasteiger partial charge in [-0.3, -0.25) is 0 Å². The van der Waals surface area contributed by atoms with E-state index < -0.39 is 0 Å². The predicted molar refractivity (Wildman–Crippen MR) is 77.3 cm³/mol. The number of hydrogen-bond acceptors (Lipinski definition) is 3. The van der Waals surface area contributed by atoms with Crippen LogP contribution in [0.1, 0.15) is 5.76 Å². The molecule has 3 rings (SSSR count). The number of anilines is 1. The Morgan fingerprint density at radius 1 is 1.26 bits per heavy atom. The van der Waals surface area contributed by atoms with Crippen molar-refractivity contribution in [3.05, 3.63) is 65.5 Å². The largest absolute Gasteiger partial charge is 0.466 e. The predicted octanol–water partition coefficient (Wildman–Crippen LogP) is 3.84. The molecule has 0 spiro atoms. The lowest BCUT2D eigenvalue weighted by atomic mass is 10.2. The number of imidazole rings is 1. The number of furan rings is 1. The van der Waals surface area contributed by atoms with Crippen LogP contribution in [-0.2, 0) is 6.54 Å². The molecule has 0 fully saturated rings. The van der Waals surface area contributed by atoms with Crippen molar-refractivity contribution in [2.75, 3.05) is 5.32 Å². The zero-order valence-electron chi connectivity index (χ0n) is 10.1. The maximum absolute atomic E-state index is 5.39. The fraction of sp³-hybridized carbons (Fsp3) is 0.0714. The number of halogens is 1. The zero-order chi connectivity index (χ0) is 13.1. The molecule has 96 valence electrons. The summed E-state index contributed by atoms with van der Waals surface area (Å²) in [5.41, 5.74) is 2.09. The van der Waals surface area contributed by atoms with E-state index in [1.54, 1.807) is 18.8 Å². The molecular formula is C14H12BrN3O. The van der Waals surface area contributed by atoms with E-state index in [0.29, 0.717) is 6.54 Å². The number of hydrogen-bond donors (Lipinski definition) is 1. The molecule has 4 nitrogen and oxygen atoms in total. The van der Waals surface area contributed by atoms with Gasteiger partial charge in [-0.15, -0.1) is 0 Å². The van der Waals surface area contributed by atoms with Crippen molar-refractivity contribution in [2.45, 2.75) is 6.54 Å². The fourth-order valence-electron chi connectivity index (χ4n) is 1.88. The van der Waals surface area contributed by atoms with Crippen LogP contribution in [0, 0.1) is 0 Å². The fourth-order valence-corrected chi connectivity index (χ4v) is 2.22. The average Bonchev–Trinajstić information content (AvgIpc) is 3.08. The van der Waals surface area contributed by atoms with Gasteiger partial charge in [0.2, 0.25) is 0 Å². The first kappa shape index (κ1) is 12.0. The molecule has 0 saturated heterocycles. The Morgan fingerprint density at radius 2 is 2.16 bits per heavy atom. The Balaban J connectivity index is 1.84. The van der Waals surface area contributed by atoms with Crippen LogP contribution in [0.25, 0.3) is 5.69 Å². The highest BCUT2D eigenvalue weighted by atomic mass is 79.9. The second-order valence-corrected chi connectivity index (χ2v) is 4.89. The molecule has 0 bridgehead atoms. The topological polar surface area (TPSA) is 43.0 Å². The van der Waals surface area contributed by atoms with E-state index in [4.69, 9.17) is 4.42 Å². The summed E-state index contributed by atoms with van der Waals surface area (Å²) >= 11 is 3.45. The van der Waals surface area contributed by atoms with Crippen LogP contribution in [0.5, 0.6) is 0 Å². The molecular weight excluding hydrogens is 306 g/mol. The second-order valence-electron chi connectivity index (χ2n) is 4.03. The van der Waals surface area contributed by atoms with Gasteiger partial charge in [0, 0.05) is 12.4 Å². The maximum atomic E-state index is 5.39. The molecule has 0 unspecified atom stereocenters. The smallest absolute Gasteiger partial charge is 0.136 e. The summed E-state index contributed by atoms with van der Waals surface area (Å²) in [5, 5.41) is 3.37. The van der Waals surface area contributed by atoms with Crippen molar-refractivity contribution >= 4 is 21.6 Å². The first-order valence-electron chi connectivity index (χ1n) is 5.88. The monoisotopic (exact) mass is 317 g/mol. The van der Waals surface area contributed by atoms with E-state index in [1.165, 1.54) is 0 Å². The van der Waals surface area contributed by atoms with Gasteiger partial charge in [-0.05, 0) is 34.1 Å². The quantitative estimate of drug-likeness (QED) is 0.795. The van der Waals surface area contributed by atoms with Crippen molar-refractivity contribution in [1.82, 2.24) is 9.55 Å². The minimum Gasteiger partial charge on any atom is -0.466 e. The van der Waals surface area contributed by atoms with Gasteiger partial charge in [0.1, 0.15) is 5.76 Å². The number of nitrogens with one attached hydrogen (secondary N) is 1. The summed E-state index contributed by atoms with van der Waals surface area (Å²) in [6.07, 6.45) is 7.13. The van der Waals surface area contributed by atoms with Crippen LogP contribution in [0.4, 0.5) is 5.69 Å². The molecule has 0 radical (unpaired) electrons. The Kier molecular flexibility index (Phi) is 3.37. The van der Waals surface area contributed by atoms with E-state index in [0.717, 1.165) is 21.6 Å². The van der Waals surface area contributed by atoms with Crippen molar-refractivity contribution in [2.24, 2.45) is 0 Å². The number of aromatic nitrogens is 2. The molecule has 0 amide bonds. The maximum Gasteiger partial charge on any atom is 0.136 e. The van der Waals surface area contributed by atoms with Gasteiger partial charge in [-0.2, -0.15) is 0 Å². The number of benzene rings is 1. The number of rotatable bonds is 4. The third kappa shape index (κ3) is 2.56. The number of para-hydroxylation sites is 2. The molecule has 0 atom stereocenters. The van der Waals surface area contributed by atoms with E-state index in [-0.39, 0.29) is 0 Å². The summed E-state index contributed by atoms with van der Waals surface area (Å²) < 4.78 is 8.33. The first-order valence-corrected chi connectivity index (χ1v) is 6.67. The Morgan fingerprint density at radius 3 is 2.89 bits per heavy atom. The minimum absolute atomic E-state index is 0.624. The van der Waals surface area contributed by atoms with Gasteiger partial charge in [0.05, 0.1) is 35.0 Å². The Labute approximate surface area is 119 Å². The molecule has 2 aromatic heterocycles. The Hall–Kier alpha value is -2.01. The summed E-state index contributed by atoms with van der Waals surface area (Å²) in [6, 6.07) is 9.97. The van der Waals surface area contributed by atoms with E-state index in [2.05, 4.69) is 26.2 Å². The van der Waals surface area contributed by atoms with Crippen molar-refractivity contribution in [3.63, 3.8) is 0 Å². The molecule has 1 aromatic carbocycles. The molecule has 2 heterocycles. The van der Waals surface area contributed by atoms with Gasteiger partial charge >= 0.3 is 0 Å². The molecule has 0 aliphatic rings. The summed E-state index contributed by atoms with van der Waals surface area (Å²) in [5.74, 6) is 0.875. The zero-order valence-corrected chi connectivity index (χ0v) is 11.7. The molecule has 5 heteroatoms. The molecule has 0 aliphatic carbocycles. The molecule has 19 heavy (non-hydrogen) atoms. The average molecular weight is 318 g/mol. The van der Waals surface area contributed by atoms with Gasteiger partial charge < -0.3 is 14.3 Å². The Bertz CT molecular complexity index is 661. The third-order valence-corrected chi connectivity index (χ3v) is 3.52. The standard InChI is InChI=1S/C14H12BrN3O/c15-11-5-8-19-14(11)9-17-12-3-1-2-4-13(12)18-7-6-16-10-18/h1-8,10,17H,9H2. The minimum atomic E-state index is 0.624. The van der Waals surface area contributed by atoms with Crippen LogP contribution in [0.2, 0.25) is 0 Å². The molecule has 3 aromatic rings. The van der Waals surface area contributed by atoms with Crippen molar-refractivity contribution in [3.8, 4) is 5.69 Å². The van der Waals surface area contributed by atoms with Crippen LogP contribution in [0.15, 0.2) is 64.2 Å². The van der Waals surface area contributed by atoms with E-state index >= 15 is 0 Å². The summed E-state index contributed by atoms with van der Waals surface area (Å²) in [6.45, 7) is 0.624. The lowest BCUT2D eigenvalue weighted by molar-refractivity contribution is 0.516. The summed E-state index contributed by atoms with van der Waals surface area (Å²) in [4.78, 5) is 4.07. The van der Waals surface area contributed by atoms with Crippen molar-refractivity contribution < 1.29 is 4.42 Å². The molecule has 0 saturated carbocycles. The normalized spacial score (nSPS) is 10.6. The molecule has 1 N–H and O–H groups in total. The highest BCUT2D eigenvalue weighted by Crippen LogP contribution is 2.23. The van der Waals surface area contributed by atoms with E-state index in [1.807, 2.05) is 41.1 Å². The first-order chi connectivity index (χ1) is 9.34. The van der Waals surface area contributed by atoms with E-state index in [9.17, 15) is 0 Å². The van der Waals surface area contributed by atoms with Gasteiger partial charge in [0.25, 0.3) is 0 Å². The van der Waals surface area contributed by atoms with Crippen LogP contribution in [0.3, 0.4) is 0 Å². The second kappa shape index (κ2) is 5.32. The molecule has 0 aliphatic heterocycles. The third-order valence-electron chi connectivity index (χ3n) is 2.82. The van der Waals surface area contributed by atoms with Gasteiger partial charge in [-0.1, -0.05) is 12.1 Å². The SMILES string of the molecule is Brc1ccoc1CNc1ccccc1-n1ccnc1. The highest BCUT2D eigenvalue weighted by Gasteiger charge is 2.06. The van der Waals surface area contributed by atoms with Crippen LogP contribution in [-0.4, -0.2) is 9.55 Å². The van der Waals surface area contributed by atoms with Gasteiger partial charge in [0.15, 0.2) is 0 Å². The number of nitrogens with zero attached hydrogens (tertiary/aromatic N) is 2. The van der Waals surface area contributed by atoms with Crippen molar-refractivity contribution in [1.29, 1.82) is 0 Å². The highest BCUT2D eigenvalue weighted by molar-refractivity contribution is 9.10. The lowest BCUT2D eigenvalue weighted by Crippen LogP contribution is -2.03. The van der Waals surface area contributed by atoms with Gasteiger partial charge in [-0.25, -0.2) is 4.98 Å². The summed E-state index contributed by atoms with van der Waals surface area (Å²) in [7, 11) is 0. The van der Waals surface area contributed by atoms with Crippen LogP contribution >= 0.6 is 15.9 Å². The van der Waals surface area contributed by atoms with Crippen LogP contribution < -0.4 is 5.32 Å². The lowest BCUT2D eigenvalue weighted by Gasteiger charge is -2.11.